The summed E-state index contributed by atoms with van der Waals surface area (Å²) in [5.41, 5.74) is 0. The van der Waals surface area contributed by atoms with Crippen molar-refractivity contribution in [3.63, 3.8) is 0 Å². The van der Waals surface area contributed by atoms with E-state index in [1.165, 1.54) is 19.3 Å². The molecule has 1 saturated carbocycles. The lowest BCUT2D eigenvalue weighted by Gasteiger charge is -2.36. The van der Waals surface area contributed by atoms with Crippen molar-refractivity contribution in [1.82, 2.24) is 5.32 Å². The molecule has 23 heavy (non-hydrogen) atoms. The van der Waals surface area contributed by atoms with Gasteiger partial charge in [-0.25, -0.2) is 4.79 Å². The summed E-state index contributed by atoms with van der Waals surface area (Å²) in [6, 6.07) is -0.103. The number of methoxy groups -OCH3 is 1. The minimum atomic E-state index is -1.08. The molecule has 2 fully saturated rings. The first-order valence-corrected chi connectivity index (χ1v) is 8.65. The van der Waals surface area contributed by atoms with Crippen LogP contribution in [0.25, 0.3) is 0 Å². The third-order valence-electron chi connectivity index (χ3n) is 4.83. The highest BCUT2D eigenvalue weighted by Gasteiger charge is 2.51. The number of hydrogen-bond acceptors (Lipinski definition) is 4. The first-order chi connectivity index (χ1) is 10.9. The van der Waals surface area contributed by atoms with Crippen LogP contribution in [-0.4, -0.2) is 48.4 Å². The fourth-order valence-corrected chi connectivity index (χ4v) is 3.70. The first kappa shape index (κ1) is 18.2. The molecule has 0 aromatic carbocycles. The van der Waals surface area contributed by atoms with Gasteiger partial charge in [0.2, 0.25) is 0 Å². The number of carbonyl (C=O) groups is 2. The van der Waals surface area contributed by atoms with Gasteiger partial charge in [-0.3, -0.25) is 4.79 Å². The van der Waals surface area contributed by atoms with Crippen molar-refractivity contribution in [2.75, 3.05) is 7.11 Å². The van der Waals surface area contributed by atoms with Crippen LogP contribution in [0.3, 0.4) is 0 Å². The van der Waals surface area contributed by atoms with Gasteiger partial charge in [-0.2, -0.15) is 0 Å². The van der Waals surface area contributed by atoms with E-state index < -0.39 is 18.2 Å². The SMILES string of the molecule is CO[C@H](C1CCCCC1)C(CC(C)C)NC(=O)[C@H]1O[C@@H]1C(=O)O. The number of ether oxygens (including phenoxy) is 2. The Bertz CT molecular complexity index is 419. The molecule has 2 N–H and O–H groups in total. The molecule has 1 aliphatic heterocycles. The molecule has 2 aliphatic rings. The van der Waals surface area contributed by atoms with E-state index in [-0.39, 0.29) is 18.1 Å². The van der Waals surface area contributed by atoms with E-state index in [4.69, 9.17) is 14.6 Å². The molecule has 4 atom stereocenters. The Hall–Kier alpha value is -1.14. The average Bonchev–Trinajstić information content (AvgIpc) is 3.29. The van der Waals surface area contributed by atoms with Crippen LogP contribution in [-0.2, 0) is 19.1 Å². The number of hydrogen-bond donors (Lipinski definition) is 2. The summed E-state index contributed by atoms with van der Waals surface area (Å²) in [6.07, 6.45) is 4.87. The number of rotatable bonds is 8. The molecule has 2 rings (SSSR count). The Morgan fingerprint density at radius 3 is 2.35 bits per heavy atom. The molecule has 0 aromatic rings. The fraction of sp³-hybridized carbons (Fsp3) is 0.882. The van der Waals surface area contributed by atoms with Crippen LogP contribution in [0.4, 0.5) is 0 Å². The third-order valence-corrected chi connectivity index (χ3v) is 4.83. The molecule has 6 heteroatoms. The minimum Gasteiger partial charge on any atom is -0.479 e. The molecular weight excluding hydrogens is 298 g/mol. The number of nitrogens with one attached hydrogen (secondary N) is 1. The maximum Gasteiger partial charge on any atom is 0.336 e. The number of aliphatic carboxylic acids is 1. The molecule has 1 amide bonds. The van der Waals surface area contributed by atoms with Crippen LogP contribution in [0.15, 0.2) is 0 Å². The molecule has 1 heterocycles. The summed E-state index contributed by atoms with van der Waals surface area (Å²) in [7, 11) is 1.70. The second-order valence-electron chi connectivity index (χ2n) is 7.16. The van der Waals surface area contributed by atoms with Crippen LogP contribution in [0, 0.1) is 11.8 Å². The average molecular weight is 327 g/mol. The number of carboxylic acids is 1. The zero-order valence-corrected chi connectivity index (χ0v) is 14.3. The van der Waals surface area contributed by atoms with E-state index in [9.17, 15) is 9.59 Å². The lowest BCUT2D eigenvalue weighted by molar-refractivity contribution is -0.138. The fourth-order valence-electron chi connectivity index (χ4n) is 3.70. The molecule has 0 aromatic heterocycles. The van der Waals surface area contributed by atoms with Gasteiger partial charge in [0.25, 0.3) is 5.91 Å². The summed E-state index contributed by atoms with van der Waals surface area (Å²) in [5, 5.41) is 11.9. The van der Waals surface area contributed by atoms with Crippen LogP contribution >= 0.6 is 0 Å². The van der Waals surface area contributed by atoms with Crippen LogP contribution in [0.2, 0.25) is 0 Å². The lowest BCUT2D eigenvalue weighted by atomic mass is 9.80. The first-order valence-electron chi connectivity index (χ1n) is 8.65. The summed E-state index contributed by atoms with van der Waals surface area (Å²) >= 11 is 0. The van der Waals surface area contributed by atoms with E-state index in [2.05, 4.69) is 19.2 Å². The van der Waals surface area contributed by atoms with Gasteiger partial charge in [-0.15, -0.1) is 0 Å². The zero-order valence-electron chi connectivity index (χ0n) is 14.3. The van der Waals surface area contributed by atoms with Crippen LogP contribution in [0.5, 0.6) is 0 Å². The number of epoxide rings is 1. The lowest BCUT2D eigenvalue weighted by Crippen LogP contribution is -2.50. The topological polar surface area (TPSA) is 88.2 Å². The van der Waals surface area contributed by atoms with Crippen molar-refractivity contribution in [3.05, 3.63) is 0 Å². The molecule has 132 valence electrons. The van der Waals surface area contributed by atoms with Gasteiger partial charge < -0.3 is 19.9 Å². The van der Waals surface area contributed by atoms with Crippen molar-refractivity contribution >= 4 is 11.9 Å². The predicted octanol–water partition coefficient (Wildman–Crippen LogP) is 1.96. The van der Waals surface area contributed by atoms with Gasteiger partial charge in [-0.05, 0) is 31.1 Å². The van der Waals surface area contributed by atoms with Crippen LogP contribution < -0.4 is 5.32 Å². The molecule has 0 spiro atoms. The van der Waals surface area contributed by atoms with Gasteiger partial charge >= 0.3 is 5.97 Å². The van der Waals surface area contributed by atoms with Crippen molar-refractivity contribution in [2.45, 2.75) is 76.7 Å². The highest BCUT2D eigenvalue weighted by atomic mass is 16.6. The van der Waals surface area contributed by atoms with Crippen molar-refractivity contribution in [3.8, 4) is 0 Å². The predicted molar refractivity (Wildman–Crippen MR) is 85.1 cm³/mol. The molecule has 0 bridgehead atoms. The standard InChI is InChI=1S/C17H29NO5/c1-10(2)9-12(13(22-3)11-7-5-4-6-8-11)18-16(19)14-15(23-14)17(20)21/h10-15H,4-9H2,1-3H3,(H,18,19)(H,20,21)/t12?,13-,14+,15+/m1/s1. The zero-order chi connectivity index (χ0) is 17.0. The Labute approximate surface area is 137 Å². The normalized spacial score (nSPS) is 27.5. The highest BCUT2D eigenvalue weighted by molar-refractivity contribution is 5.92. The Morgan fingerprint density at radius 1 is 1.22 bits per heavy atom. The summed E-state index contributed by atoms with van der Waals surface area (Å²) in [6.45, 7) is 4.22. The van der Waals surface area contributed by atoms with E-state index >= 15 is 0 Å². The van der Waals surface area contributed by atoms with Gasteiger partial charge in [-0.1, -0.05) is 33.1 Å². The molecule has 1 unspecified atom stereocenters. The number of amides is 1. The van der Waals surface area contributed by atoms with Gasteiger partial charge in [0, 0.05) is 7.11 Å². The second kappa shape index (κ2) is 8.11. The van der Waals surface area contributed by atoms with E-state index in [0.717, 1.165) is 19.3 Å². The van der Waals surface area contributed by atoms with E-state index in [0.29, 0.717) is 11.8 Å². The molecule has 1 aliphatic carbocycles. The third kappa shape index (κ3) is 4.91. The van der Waals surface area contributed by atoms with Gasteiger partial charge in [0.15, 0.2) is 12.2 Å². The Morgan fingerprint density at radius 2 is 1.87 bits per heavy atom. The Kier molecular flexibility index (Phi) is 6.41. The molecule has 1 saturated heterocycles. The Balaban J connectivity index is 1.99. The maximum atomic E-state index is 12.3. The second-order valence-corrected chi connectivity index (χ2v) is 7.16. The highest BCUT2D eigenvalue weighted by Crippen LogP contribution is 2.31. The van der Waals surface area contributed by atoms with Crippen molar-refractivity contribution < 1.29 is 24.2 Å². The quantitative estimate of drug-likeness (QED) is 0.665. The van der Waals surface area contributed by atoms with Gasteiger partial charge in [0.05, 0.1) is 12.1 Å². The summed E-state index contributed by atoms with van der Waals surface area (Å²) in [4.78, 5) is 23.1. The maximum absolute atomic E-state index is 12.3. The summed E-state index contributed by atoms with van der Waals surface area (Å²) in [5.74, 6) is -0.549. The number of carboxylic acid groups (broad SMARTS) is 1. The minimum absolute atomic E-state index is 0.0244. The molecule has 6 nitrogen and oxygen atoms in total. The molecular formula is C17H29NO5. The van der Waals surface area contributed by atoms with Gasteiger partial charge in [0.1, 0.15) is 0 Å². The number of carbonyl (C=O) groups excluding carboxylic acids is 1. The largest absolute Gasteiger partial charge is 0.479 e. The monoisotopic (exact) mass is 327 g/mol. The molecule has 0 radical (unpaired) electrons. The smallest absolute Gasteiger partial charge is 0.336 e. The van der Waals surface area contributed by atoms with Crippen molar-refractivity contribution in [2.24, 2.45) is 11.8 Å². The van der Waals surface area contributed by atoms with E-state index in [1.807, 2.05) is 0 Å². The van der Waals surface area contributed by atoms with Crippen LogP contribution in [0.1, 0.15) is 52.4 Å². The summed E-state index contributed by atoms with van der Waals surface area (Å²) < 4.78 is 10.7. The van der Waals surface area contributed by atoms with Crippen molar-refractivity contribution in [1.29, 1.82) is 0 Å². The van der Waals surface area contributed by atoms with E-state index in [1.54, 1.807) is 7.11 Å².